The summed E-state index contributed by atoms with van der Waals surface area (Å²) >= 11 is 0. The second-order valence-corrected chi connectivity index (χ2v) is 5.16. The van der Waals surface area contributed by atoms with Crippen LogP contribution in [0.2, 0.25) is 0 Å². The molecule has 4 heteroatoms. The zero-order chi connectivity index (χ0) is 12.3. The van der Waals surface area contributed by atoms with E-state index in [0.29, 0.717) is 5.41 Å². The molecule has 0 aliphatic carbocycles. The molecule has 0 bridgehead atoms. The third-order valence-corrected chi connectivity index (χ3v) is 4.03. The first kappa shape index (κ1) is 12.1. The third kappa shape index (κ3) is 2.68. The summed E-state index contributed by atoms with van der Waals surface area (Å²) in [5.41, 5.74) is 0.518. The van der Waals surface area contributed by atoms with Crippen molar-refractivity contribution in [2.24, 2.45) is 5.41 Å². The Morgan fingerprint density at radius 2 is 2.06 bits per heavy atom. The van der Waals surface area contributed by atoms with Crippen molar-refractivity contribution in [3.8, 4) is 0 Å². The minimum absolute atomic E-state index is 0.518. The van der Waals surface area contributed by atoms with Gasteiger partial charge in [-0.15, -0.1) is 0 Å². The molecule has 0 saturated carbocycles. The molecule has 1 aromatic rings. The highest BCUT2D eigenvalue weighted by molar-refractivity contribution is 5.43. The van der Waals surface area contributed by atoms with E-state index in [9.17, 15) is 0 Å². The third-order valence-electron chi connectivity index (χ3n) is 4.03. The van der Waals surface area contributed by atoms with Gasteiger partial charge in [-0.25, -0.2) is 4.98 Å². The maximum Gasteiger partial charge on any atom is 0.149 e. The van der Waals surface area contributed by atoms with Crippen LogP contribution in [0.1, 0.15) is 33.1 Å². The van der Waals surface area contributed by atoms with E-state index in [1.54, 1.807) is 6.20 Å². The summed E-state index contributed by atoms with van der Waals surface area (Å²) in [6, 6.07) is 0. The standard InChI is InChI=1S/C13H22N4/c1-4-13(2)5-7-17(8-6-13)12-10-15-9-11(14-3)16-12/h9-10H,4-8H2,1-3H3,(H,14,16). The number of aromatic nitrogens is 2. The first-order chi connectivity index (χ1) is 8.17. The summed E-state index contributed by atoms with van der Waals surface area (Å²) in [6.45, 7) is 6.86. The van der Waals surface area contributed by atoms with Crippen molar-refractivity contribution in [2.75, 3.05) is 30.4 Å². The van der Waals surface area contributed by atoms with Gasteiger partial charge in [0, 0.05) is 20.1 Å². The molecule has 0 aromatic carbocycles. The summed E-state index contributed by atoms with van der Waals surface area (Å²) in [4.78, 5) is 11.1. The van der Waals surface area contributed by atoms with Crippen LogP contribution in [-0.2, 0) is 0 Å². The lowest BCUT2D eigenvalue weighted by atomic mass is 9.78. The summed E-state index contributed by atoms with van der Waals surface area (Å²) in [6.07, 6.45) is 7.37. The van der Waals surface area contributed by atoms with Crippen LogP contribution in [0.3, 0.4) is 0 Å². The van der Waals surface area contributed by atoms with Gasteiger partial charge in [-0.2, -0.15) is 0 Å². The molecule has 0 unspecified atom stereocenters. The SMILES string of the molecule is CCC1(C)CCN(c2cncc(NC)n2)CC1. The molecule has 17 heavy (non-hydrogen) atoms. The number of hydrogen-bond acceptors (Lipinski definition) is 4. The highest BCUT2D eigenvalue weighted by Crippen LogP contribution is 2.35. The second kappa shape index (κ2) is 4.90. The number of rotatable bonds is 3. The normalized spacial score (nSPS) is 19.1. The van der Waals surface area contributed by atoms with E-state index >= 15 is 0 Å². The van der Waals surface area contributed by atoms with Gasteiger partial charge < -0.3 is 10.2 Å². The summed E-state index contributed by atoms with van der Waals surface area (Å²) in [7, 11) is 1.87. The highest BCUT2D eigenvalue weighted by Gasteiger charge is 2.28. The molecule has 94 valence electrons. The van der Waals surface area contributed by atoms with Crippen molar-refractivity contribution in [3.05, 3.63) is 12.4 Å². The minimum atomic E-state index is 0.518. The average Bonchev–Trinajstić information content (AvgIpc) is 2.40. The smallest absolute Gasteiger partial charge is 0.149 e. The van der Waals surface area contributed by atoms with Gasteiger partial charge in [-0.05, 0) is 18.3 Å². The Balaban J connectivity index is 2.05. The van der Waals surface area contributed by atoms with Crippen LogP contribution in [0.4, 0.5) is 11.6 Å². The van der Waals surface area contributed by atoms with Gasteiger partial charge in [0.05, 0.1) is 12.4 Å². The Kier molecular flexibility index (Phi) is 3.50. The van der Waals surface area contributed by atoms with E-state index in [4.69, 9.17) is 0 Å². The number of piperidine rings is 1. The lowest BCUT2D eigenvalue weighted by Crippen LogP contribution is -2.38. The van der Waals surface area contributed by atoms with Crippen LogP contribution >= 0.6 is 0 Å². The van der Waals surface area contributed by atoms with Crippen molar-refractivity contribution in [2.45, 2.75) is 33.1 Å². The van der Waals surface area contributed by atoms with E-state index in [1.165, 1.54) is 19.3 Å². The molecule has 4 nitrogen and oxygen atoms in total. The molecule has 1 N–H and O–H groups in total. The predicted molar refractivity (Wildman–Crippen MR) is 71.4 cm³/mol. The molecule has 0 spiro atoms. The first-order valence-electron chi connectivity index (χ1n) is 6.41. The molecular formula is C13H22N4. The van der Waals surface area contributed by atoms with E-state index < -0.39 is 0 Å². The van der Waals surface area contributed by atoms with Crippen LogP contribution in [0.25, 0.3) is 0 Å². The summed E-state index contributed by atoms with van der Waals surface area (Å²) < 4.78 is 0. The Labute approximate surface area is 103 Å². The Morgan fingerprint density at radius 3 is 2.65 bits per heavy atom. The molecule has 0 amide bonds. The molecule has 0 radical (unpaired) electrons. The maximum atomic E-state index is 4.54. The van der Waals surface area contributed by atoms with Gasteiger partial charge >= 0.3 is 0 Å². The van der Waals surface area contributed by atoms with Crippen LogP contribution < -0.4 is 10.2 Å². The fourth-order valence-corrected chi connectivity index (χ4v) is 2.26. The zero-order valence-electron chi connectivity index (χ0n) is 11.0. The first-order valence-corrected chi connectivity index (χ1v) is 6.41. The lowest BCUT2D eigenvalue weighted by molar-refractivity contribution is 0.238. The van der Waals surface area contributed by atoms with Crippen LogP contribution in [0, 0.1) is 5.41 Å². The molecule has 2 rings (SSSR count). The largest absolute Gasteiger partial charge is 0.372 e. The maximum absolute atomic E-state index is 4.54. The van der Waals surface area contributed by atoms with E-state index in [2.05, 4.69) is 34.0 Å². The summed E-state index contributed by atoms with van der Waals surface area (Å²) in [5, 5.41) is 3.03. The van der Waals surface area contributed by atoms with Crippen molar-refractivity contribution in [3.63, 3.8) is 0 Å². The lowest BCUT2D eigenvalue weighted by Gasteiger charge is -2.39. The van der Waals surface area contributed by atoms with Gasteiger partial charge in [0.15, 0.2) is 0 Å². The number of hydrogen-bond donors (Lipinski definition) is 1. The van der Waals surface area contributed by atoms with E-state index in [-0.39, 0.29) is 0 Å². The molecule has 1 fully saturated rings. The van der Waals surface area contributed by atoms with Crippen LogP contribution in [0.15, 0.2) is 12.4 Å². The second-order valence-electron chi connectivity index (χ2n) is 5.16. The topological polar surface area (TPSA) is 41.1 Å². The molecular weight excluding hydrogens is 212 g/mol. The van der Waals surface area contributed by atoms with Gasteiger partial charge in [-0.3, -0.25) is 4.98 Å². The molecule has 1 aliphatic heterocycles. The van der Waals surface area contributed by atoms with E-state index in [1.807, 2.05) is 13.2 Å². The van der Waals surface area contributed by atoms with Gasteiger partial charge in [-0.1, -0.05) is 20.3 Å². The molecule has 0 atom stereocenters. The van der Waals surface area contributed by atoms with Crippen LogP contribution in [0.5, 0.6) is 0 Å². The quantitative estimate of drug-likeness (QED) is 0.872. The molecule has 1 aromatic heterocycles. The zero-order valence-corrected chi connectivity index (χ0v) is 11.0. The minimum Gasteiger partial charge on any atom is -0.372 e. The Morgan fingerprint density at radius 1 is 1.35 bits per heavy atom. The van der Waals surface area contributed by atoms with Crippen LogP contribution in [-0.4, -0.2) is 30.1 Å². The van der Waals surface area contributed by atoms with E-state index in [0.717, 1.165) is 24.7 Å². The van der Waals surface area contributed by atoms with Crippen molar-refractivity contribution in [1.29, 1.82) is 0 Å². The average molecular weight is 234 g/mol. The predicted octanol–water partition coefficient (Wildman–Crippen LogP) is 2.53. The van der Waals surface area contributed by atoms with Gasteiger partial charge in [0.1, 0.15) is 11.6 Å². The number of nitrogens with one attached hydrogen (secondary N) is 1. The molecule has 1 saturated heterocycles. The molecule has 1 aliphatic rings. The fraction of sp³-hybridized carbons (Fsp3) is 0.692. The highest BCUT2D eigenvalue weighted by atomic mass is 15.2. The van der Waals surface area contributed by atoms with Crippen molar-refractivity contribution in [1.82, 2.24) is 9.97 Å². The Bertz CT molecular complexity index is 369. The monoisotopic (exact) mass is 234 g/mol. The van der Waals surface area contributed by atoms with Crippen molar-refractivity contribution >= 4 is 11.6 Å². The fourth-order valence-electron chi connectivity index (χ4n) is 2.26. The number of nitrogens with zero attached hydrogens (tertiary/aromatic N) is 3. The van der Waals surface area contributed by atoms with Crippen molar-refractivity contribution < 1.29 is 0 Å². The van der Waals surface area contributed by atoms with Gasteiger partial charge in [0.2, 0.25) is 0 Å². The Hall–Kier alpha value is -1.32. The summed E-state index contributed by atoms with van der Waals surface area (Å²) in [5.74, 6) is 1.83. The number of anilines is 2. The molecule has 2 heterocycles. The van der Waals surface area contributed by atoms with Gasteiger partial charge in [0.25, 0.3) is 0 Å².